The van der Waals surface area contributed by atoms with Gasteiger partial charge in [0.25, 0.3) is 0 Å². The van der Waals surface area contributed by atoms with E-state index in [0.717, 1.165) is 17.2 Å². The second-order valence-electron chi connectivity index (χ2n) is 3.19. The Morgan fingerprint density at radius 1 is 1.15 bits per heavy atom. The quantitative estimate of drug-likeness (QED) is 0.700. The van der Waals surface area contributed by atoms with Crippen LogP contribution in [0.1, 0.15) is 12.5 Å². The van der Waals surface area contributed by atoms with Crippen LogP contribution in [-0.4, -0.2) is 5.11 Å². The second kappa shape index (κ2) is 3.09. The number of aryl methyl sites for hydroxylation is 1. The van der Waals surface area contributed by atoms with Crippen LogP contribution in [0.25, 0.3) is 10.8 Å². The van der Waals surface area contributed by atoms with Gasteiger partial charge in [-0.2, -0.15) is 0 Å². The van der Waals surface area contributed by atoms with Crippen molar-refractivity contribution in [3.8, 4) is 5.75 Å². The minimum Gasteiger partial charge on any atom is -0.507 e. The molecule has 0 aliphatic rings. The van der Waals surface area contributed by atoms with Gasteiger partial charge in [0, 0.05) is 5.39 Å². The lowest BCUT2D eigenvalue weighted by molar-refractivity contribution is 0.481. The lowest BCUT2D eigenvalue weighted by Crippen LogP contribution is -1.81. The predicted molar refractivity (Wildman–Crippen MR) is 55.0 cm³/mol. The molecule has 0 saturated carbocycles. The Kier molecular flexibility index (Phi) is 1.93. The van der Waals surface area contributed by atoms with Gasteiger partial charge in [0.2, 0.25) is 0 Å². The number of benzene rings is 2. The Balaban J connectivity index is 2.77. The van der Waals surface area contributed by atoms with Crippen LogP contribution in [-0.2, 0) is 6.42 Å². The van der Waals surface area contributed by atoms with E-state index in [4.69, 9.17) is 0 Å². The van der Waals surface area contributed by atoms with E-state index < -0.39 is 0 Å². The summed E-state index contributed by atoms with van der Waals surface area (Å²) in [6, 6.07) is 11.8. The van der Waals surface area contributed by atoms with E-state index in [2.05, 4.69) is 13.0 Å². The van der Waals surface area contributed by atoms with E-state index in [9.17, 15) is 5.11 Å². The number of rotatable bonds is 1. The first-order chi connectivity index (χ1) is 6.31. The molecular weight excluding hydrogens is 160 g/mol. The SMILES string of the molecule is CCc1cc(O)c2ccccc2c1. The van der Waals surface area contributed by atoms with Crippen LogP contribution in [0.3, 0.4) is 0 Å². The Morgan fingerprint density at radius 3 is 2.69 bits per heavy atom. The molecule has 0 aromatic heterocycles. The summed E-state index contributed by atoms with van der Waals surface area (Å²) < 4.78 is 0. The van der Waals surface area contributed by atoms with Crippen LogP contribution in [0, 0.1) is 0 Å². The second-order valence-corrected chi connectivity index (χ2v) is 3.19. The van der Waals surface area contributed by atoms with Crippen molar-refractivity contribution in [2.24, 2.45) is 0 Å². The normalized spacial score (nSPS) is 10.5. The van der Waals surface area contributed by atoms with Crippen molar-refractivity contribution in [2.45, 2.75) is 13.3 Å². The Labute approximate surface area is 77.6 Å². The highest BCUT2D eigenvalue weighted by atomic mass is 16.3. The van der Waals surface area contributed by atoms with Crippen molar-refractivity contribution in [2.75, 3.05) is 0 Å². The van der Waals surface area contributed by atoms with Gasteiger partial charge in [-0.25, -0.2) is 0 Å². The molecule has 0 fully saturated rings. The number of hydrogen-bond donors (Lipinski definition) is 1. The first-order valence-electron chi connectivity index (χ1n) is 4.52. The summed E-state index contributed by atoms with van der Waals surface area (Å²) in [7, 11) is 0. The van der Waals surface area contributed by atoms with Crippen molar-refractivity contribution < 1.29 is 5.11 Å². The monoisotopic (exact) mass is 172 g/mol. The third-order valence-electron chi connectivity index (χ3n) is 2.31. The van der Waals surface area contributed by atoms with Crippen molar-refractivity contribution in [3.63, 3.8) is 0 Å². The van der Waals surface area contributed by atoms with Gasteiger partial charge >= 0.3 is 0 Å². The van der Waals surface area contributed by atoms with Crippen molar-refractivity contribution in [1.29, 1.82) is 0 Å². The summed E-state index contributed by atoms with van der Waals surface area (Å²) in [5.74, 6) is 0.384. The first-order valence-corrected chi connectivity index (χ1v) is 4.52. The van der Waals surface area contributed by atoms with E-state index in [-0.39, 0.29) is 0 Å². The van der Waals surface area contributed by atoms with Crippen LogP contribution >= 0.6 is 0 Å². The zero-order valence-corrected chi connectivity index (χ0v) is 7.62. The zero-order chi connectivity index (χ0) is 9.26. The van der Waals surface area contributed by atoms with E-state index in [0.29, 0.717) is 5.75 Å². The van der Waals surface area contributed by atoms with Gasteiger partial charge in [-0.1, -0.05) is 37.3 Å². The number of aromatic hydroxyl groups is 1. The minimum absolute atomic E-state index is 0.384. The third-order valence-corrected chi connectivity index (χ3v) is 2.31. The van der Waals surface area contributed by atoms with Gasteiger partial charge in [0.15, 0.2) is 0 Å². The highest BCUT2D eigenvalue weighted by Gasteiger charge is 2.00. The molecule has 0 unspecified atom stereocenters. The summed E-state index contributed by atoms with van der Waals surface area (Å²) in [5.41, 5.74) is 1.18. The van der Waals surface area contributed by atoms with Crippen LogP contribution in [0.15, 0.2) is 36.4 Å². The van der Waals surface area contributed by atoms with Crippen LogP contribution in [0.4, 0.5) is 0 Å². The van der Waals surface area contributed by atoms with Gasteiger partial charge in [-0.3, -0.25) is 0 Å². The predicted octanol–water partition coefficient (Wildman–Crippen LogP) is 3.11. The van der Waals surface area contributed by atoms with Gasteiger partial charge in [-0.15, -0.1) is 0 Å². The van der Waals surface area contributed by atoms with Crippen LogP contribution in [0.2, 0.25) is 0 Å². The third kappa shape index (κ3) is 1.37. The fourth-order valence-corrected chi connectivity index (χ4v) is 1.56. The maximum absolute atomic E-state index is 9.68. The molecule has 0 amide bonds. The number of phenols is 1. The highest BCUT2D eigenvalue weighted by Crippen LogP contribution is 2.26. The summed E-state index contributed by atoms with van der Waals surface area (Å²) in [6.45, 7) is 2.09. The molecule has 2 rings (SSSR count). The molecule has 66 valence electrons. The molecule has 0 aliphatic carbocycles. The van der Waals surface area contributed by atoms with E-state index in [1.807, 2.05) is 30.3 Å². The van der Waals surface area contributed by atoms with Gasteiger partial charge in [-0.05, 0) is 23.4 Å². The maximum Gasteiger partial charge on any atom is 0.123 e. The summed E-state index contributed by atoms with van der Waals surface area (Å²) in [6.07, 6.45) is 0.957. The largest absolute Gasteiger partial charge is 0.507 e. The summed E-state index contributed by atoms with van der Waals surface area (Å²) >= 11 is 0. The van der Waals surface area contributed by atoms with E-state index >= 15 is 0 Å². The highest BCUT2D eigenvalue weighted by molar-refractivity contribution is 5.88. The average Bonchev–Trinajstić information content (AvgIpc) is 2.18. The average molecular weight is 172 g/mol. The fourth-order valence-electron chi connectivity index (χ4n) is 1.56. The van der Waals surface area contributed by atoms with E-state index in [1.54, 1.807) is 0 Å². The standard InChI is InChI=1S/C12H12O/c1-2-9-7-10-5-3-4-6-11(10)12(13)8-9/h3-8,13H,2H2,1H3. The minimum atomic E-state index is 0.384. The number of phenolic OH excluding ortho intramolecular Hbond substituents is 1. The molecule has 0 saturated heterocycles. The Hall–Kier alpha value is -1.50. The molecule has 0 atom stereocenters. The molecule has 0 spiro atoms. The van der Waals surface area contributed by atoms with Gasteiger partial charge in [0.1, 0.15) is 5.75 Å². The molecule has 2 aromatic rings. The molecule has 0 heterocycles. The molecule has 0 radical (unpaired) electrons. The molecule has 13 heavy (non-hydrogen) atoms. The summed E-state index contributed by atoms with van der Waals surface area (Å²) in [4.78, 5) is 0. The smallest absolute Gasteiger partial charge is 0.123 e. The van der Waals surface area contributed by atoms with Gasteiger partial charge < -0.3 is 5.11 Å². The topological polar surface area (TPSA) is 20.2 Å². The number of hydrogen-bond acceptors (Lipinski definition) is 1. The van der Waals surface area contributed by atoms with E-state index in [1.165, 1.54) is 5.56 Å². The lowest BCUT2D eigenvalue weighted by Gasteiger charge is -2.03. The zero-order valence-electron chi connectivity index (χ0n) is 7.62. The van der Waals surface area contributed by atoms with Crippen molar-refractivity contribution in [1.82, 2.24) is 0 Å². The molecule has 0 aliphatic heterocycles. The lowest BCUT2D eigenvalue weighted by atomic mass is 10.0. The molecule has 1 heteroatoms. The molecular formula is C12H12O. The maximum atomic E-state index is 9.68. The molecule has 2 aromatic carbocycles. The van der Waals surface area contributed by atoms with Crippen LogP contribution in [0.5, 0.6) is 5.75 Å². The van der Waals surface area contributed by atoms with Gasteiger partial charge in [0.05, 0.1) is 0 Å². The first kappa shape index (κ1) is 8.11. The number of fused-ring (bicyclic) bond motifs is 1. The Bertz CT molecular complexity index is 432. The summed E-state index contributed by atoms with van der Waals surface area (Å²) in [5, 5.41) is 11.7. The van der Waals surface area contributed by atoms with Crippen molar-refractivity contribution in [3.05, 3.63) is 42.0 Å². The molecule has 1 N–H and O–H groups in total. The van der Waals surface area contributed by atoms with Crippen molar-refractivity contribution >= 4 is 10.8 Å². The molecule has 0 bridgehead atoms. The Morgan fingerprint density at radius 2 is 1.92 bits per heavy atom. The van der Waals surface area contributed by atoms with Crippen LogP contribution < -0.4 is 0 Å². The molecule has 1 nitrogen and oxygen atoms in total. The fraction of sp³-hybridized carbons (Fsp3) is 0.167.